The first kappa shape index (κ1) is 19.5. The number of benzene rings is 1. The van der Waals surface area contributed by atoms with Crippen molar-refractivity contribution in [3.05, 3.63) is 47.5 Å². The van der Waals surface area contributed by atoms with Crippen molar-refractivity contribution in [1.29, 1.82) is 0 Å². The van der Waals surface area contributed by atoms with Crippen LogP contribution in [0.2, 0.25) is 0 Å². The van der Waals surface area contributed by atoms with Gasteiger partial charge in [0.2, 0.25) is 0 Å². The van der Waals surface area contributed by atoms with Gasteiger partial charge in [-0.05, 0) is 50.7 Å². The van der Waals surface area contributed by atoms with Crippen LogP contribution < -0.4 is 5.32 Å². The minimum absolute atomic E-state index is 0.0985. The molecule has 1 amide bonds. The third kappa shape index (κ3) is 4.93. The van der Waals surface area contributed by atoms with Crippen molar-refractivity contribution in [2.24, 2.45) is 0 Å². The standard InChI is InChI=1S/C20H28FN5O/c1-3-19-18(15-23-26(19)17-7-5-16(21)6-8-17)20(27)22-9-4-10-25-13-11-24(2)12-14-25/h5-8,15H,3-4,9-14H2,1-2H3,(H,22,27). The maximum atomic E-state index is 13.1. The Balaban J connectivity index is 1.54. The van der Waals surface area contributed by atoms with Crippen LogP contribution in [0.1, 0.15) is 29.4 Å². The maximum absolute atomic E-state index is 13.1. The van der Waals surface area contributed by atoms with Gasteiger partial charge in [0.1, 0.15) is 5.82 Å². The first-order valence-electron chi connectivity index (χ1n) is 9.60. The van der Waals surface area contributed by atoms with E-state index in [0.717, 1.165) is 50.5 Å². The summed E-state index contributed by atoms with van der Waals surface area (Å²) in [5.41, 5.74) is 2.17. The van der Waals surface area contributed by atoms with E-state index in [0.29, 0.717) is 18.5 Å². The molecule has 0 unspecified atom stereocenters. The third-order valence-corrected chi connectivity index (χ3v) is 5.05. The minimum atomic E-state index is -0.290. The zero-order chi connectivity index (χ0) is 19.2. The Kier molecular flexibility index (Phi) is 6.58. The van der Waals surface area contributed by atoms with Crippen LogP contribution in [0.25, 0.3) is 5.69 Å². The van der Waals surface area contributed by atoms with E-state index in [4.69, 9.17) is 0 Å². The number of aromatic nitrogens is 2. The number of halogens is 1. The van der Waals surface area contributed by atoms with Gasteiger partial charge in [-0.15, -0.1) is 0 Å². The maximum Gasteiger partial charge on any atom is 0.254 e. The Morgan fingerprint density at radius 2 is 1.89 bits per heavy atom. The van der Waals surface area contributed by atoms with E-state index in [9.17, 15) is 9.18 Å². The molecule has 1 saturated heterocycles. The van der Waals surface area contributed by atoms with E-state index in [1.54, 1.807) is 23.0 Å². The number of hydrogen-bond acceptors (Lipinski definition) is 4. The fraction of sp³-hybridized carbons (Fsp3) is 0.500. The lowest BCUT2D eigenvalue weighted by Gasteiger charge is -2.32. The van der Waals surface area contributed by atoms with Gasteiger partial charge in [0.25, 0.3) is 5.91 Å². The van der Waals surface area contributed by atoms with Gasteiger partial charge in [-0.2, -0.15) is 5.10 Å². The largest absolute Gasteiger partial charge is 0.352 e. The highest BCUT2D eigenvalue weighted by Crippen LogP contribution is 2.16. The van der Waals surface area contributed by atoms with Crippen LogP contribution in [0.3, 0.4) is 0 Å². The predicted molar refractivity (Wildman–Crippen MR) is 104 cm³/mol. The summed E-state index contributed by atoms with van der Waals surface area (Å²) in [6, 6.07) is 6.13. The first-order chi connectivity index (χ1) is 13.1. The average Bonchev–Trinajstić information content (AvgIpc) is 3.11. The van der Waals surface area contributed by atoms with Gasteiger partial charge in [-0.25, -0.2) is 9.07 Å². The molecule has 1 aliphatic heterocycles. The smallest absolute Gasteiger partial charge is 0.254 e. The molecule has 146 valence electrons. The van der Waals surface area contributed by atoms with E-state index >= 15 is 0 Å². The average molecular weight is 373 g/mol. The minimum Gasteiger partial charge on any atom is -0.352 e. The summed E-state index contributed by atoms with van der Waals surface area (Å²) in [6.45, 7) is 8.04. The number of hydrogen-bond donors (Lipinski definition) is 1. The zero-order valence-corrected chi connectivity index (χ0v) is 16.1. The van der Waals surface area contributed by atoms with Crippen molar-refractivity contribution in [3.63, 3.8) is 0 Å². The van der Waals surface area contributed by atoms with Crippen LogP contribution in [-0.4, -0.2) is 71.8 Å². The molecule has 1 N–H and O–H groups in total. The SMILES string of the molecule is CCc1c(C(=O)NCCCN2CCN(C)CC2)cnn1-c1ccc(F)cc1. The van der Waals surface area contributed by atoms with Crippen LogP contribution >= 0.6 is 0 Å². The van der Waals surface area contributed by atoms with Gasteiger partial charge in [0, 0.05) is 32.7 Å². The number of carbonyl (C=O) groups excluding carboxylic acids is 1. The summed E-state index contributed by atoms with van der Waals surface area (Å²) in [5, 5.41) is 7.34. The normalized spacial score (nSPS) is 15.8. The molecule has 2 heterocycles. The molecule has 0 radical (unpaired) electrons. The molecule has 1 fully saturated rings. The van der Waals surface area contributed by atoms with Gasteiger partial charge in [0.05, 0.1) is 23.1 Å². The molecule has 0 saturated carbocycles. The fourth-order valence-electron chi connectivity index (χ4n) is 3.38. The predicted octanol–water partition coefficient (Wildman–Crippen LogP) is 1.94. The first-order valence-corrected chi connectivity index (χ1v) is 9.60. The van der Waals surface area contributed by atoms with Crippen molar-refractivity contribution in [1.82, 2.24) is 24.9 Å². The highest BCUT2D eigenvalue weighted by molar-refractivity contribution is 5.95. The number of nitrogens with zero attached hydrogens (tertiary/aromatic N) is 4. The van der Waals surface area contributed by atoms with Crippen LogP contribution in [0.15, 0.2) is 30.5 Å². The lowest BCUT2D eigenvalue weighted by molar-refractivity contribution is 0.0948. The Labute approximate surface area is 160 Å². The van der Waals surface area contributed by atoms with Gasteiger partial charge < -0.3 is 15.1 Å². The monoisotopic (exact) mass is 373 g/mol. The molecule has 1 aromatic carbocycles. The molecule has 7 heteroatoms. The number of piperazine rings is 1. The van der Waals surface area contributed by atoms with Crippen molar-refractivity contribution < 1.29 is 9.18 Å². The second-order valence-corrected chi connectivity index (χ2v) is 7.00. The molecule has 1 aliphatic rings. The van der Waals surface area contributed by atoms with Crippen molar-refractivity contribution in [2.75, 3.05) is 46.3 Å². The quantitative estimate of drug-likeness (QED) is 0.754. The molecular weight excluding hydrogens is 345 g/mol. The third-order valence-electron chi connectivity index (χ3n) is 5.05. The number of amides is 1. The molecule has 2 aromatic rings. The molecule has 0 aliphatic carbocycles. The number of nitrogens with one attached hydrogen (secondary N) is 1. The van der Waals surface area contributed by atoms with Gasteiger partial charge in [-0.3, -0.25) is 4.79 Å². The lowest BCUT2D eigenvalue weighted by Crippen LogP contribution is -2.45. The Morgan fingerprint density at radius 1 is 1.19 bits per heavy atom. The fourth-order valence-corrected chi connectivity index (χ4v) is 3.38. The second kappa shape index (κ2) is 9.10. The summed E-state index contributed by atoms with van der Waals surface area (Å²) < 4.78 is 14.9. The van der Waals surface area contributed by atoms with E-state index in [2.05, 4.69) is 27.3 Å². The van der Waals surface area contributed by atoms with Crippen LogP contribution in [-0.2, 0) is 6.42 Å². The highest BCUT2D eigenvalue weighted by Gasteiger charge is 2.17. The van der Waals surface area contributed by atoms with Crippen LogP contribution in [0.5, 0.6) is 0 Å². The zero-order valence-electron chi connectivity index (χ0n) is 16.1. The van der Waals surface area contributed by atoms with Crippen LogP contribution in [0.4, 0.5) is 4.39 Å². The summed E-state index contributed by atoms with van der Waals surface area (Å²) in [5.74, 6) is -0.388. The van der Waals surface area contributed by atoms with E-state index in [1.807, 2.05) is 6.92 Å². The number of carbonyl (C=O) groups is 1. The topological polar surface area (TPSA) is 53.4 Å². The molecule has 27 heavy (non-hydrogen) atoms. The Hall–Kier alpha value is -2.25. The Bertz CT molecular complexity index is 750. The summed E-state index contributed by atoms with van der Waals surface area (Å²) >= 11 is 0. The van der Waals surface area contributed by atoms with Gasteiger partial charge in [-0.1, -0.05) is 6.92 Å². The molecule has 0 spiro atoms. The second-order valence-electron chi connectivity index (χ2n) is 7.00. The molecule has 0 atom stereocenters. The van der Waals surface area contributed by atoms with Crippen molar-refractivity contribution >= 4 is 5.91 Å². The van der Waals surface area contributed by atoms with Crippen LogP contribution in [0, 0.1) is 5.82 Å². The van der Waals surface area contributed by atoms with E-state index < -0.39 is 0 Å². The molecular formula is C20H28FN5O. The number of likely N-dealkylation sites (N-methyl/N-ethyl adjacent to an activating group) is 1. The van der Waals surface area contributed by atoms with Gasteiger partial charge in [0.15, 0.2) is 0 Å². The molecule has 6 nitrogen and oxygen atoms in total. The van der Waals surface area contributed by atoms with Gasteiger partial charge >= 0.3 is 0 Å². The summed E-state index contributed by atoms with van der Waals surface area (Å²) in [7, 11) is 2.15. The highest BCUT2D eigenvalue weighted by atomic mass is 19.1. The van der Waals surface area contributed by atoms with Crippen molar-refractivity contribution in [2.45, 2.75) is 19.8 Å². The molecule has 3 rings (SSSR count). The lowest BCUT2D eigenvalue weighted by atomic mass is 10.2. The Morgan fingerprint density at radius 3 is 2.56 bits per heavy atom. The molecule has 0 bridgehead atoms. The van der Waals surface area contributed by atoms with E-state index in [1.165, 1.54) is 12.1 Å². The van der Waals surface area contributed by atoms with E-state index in [-0.39, 0.29) is 11.7 Å². The summed E-state index contributed by atoms with van der Waals surface area (Å²) in [4.78, 5) is 17.3. The molecule has 1 aromatic heterocycles. The number of rotatable bonds is 7. The van der Waals surface area contributed by atoms with Crippen molar-refractivity contribution in [3.8, 4) is 5.69 Å². The summed E-state index contributed by atoms with van der Waals surface area (Å²) in [6.07, 6.45) is 3.20.